The second-order valence-electron chi connectivity index (χ2n) is 23.1. The van der Waals surface area contributed by atoms with Gasteiger partial charge >= 0.3 is 17.9 Å². The van der Waals surface area contributed by atoms with Crippen molar-refractivity contribution in [3.8, 4) is 0 Å². The molecule has 0 aliphatic heterocycles. The monoisotopic (exact) mass is 1110 g/mol. The third-order valence-corrected chi connectivity index (χ3v) is 15.1. The van der Waals surface area contributed by atoms with Gasteiger partial charge in [-0.25, -0.2) is 0 Å². The summed E-state index contributed by atoms with van der Waals surface area (Å²) in [4.78, 5) is 38.4. The predicted octanol–water partition coefficient (Wildman–Crippen LogP) is 23.8. The van der Waals surface area contributed by atoms with E-state index in [0.29, 0.717) is 19.3 Å². The van der Waals surface area contributed by atoms with Gasteiger partial charge in [-0.15, -0.1) is 0 Å². The quantitative estimate of drug-likeness (QED) is 0.0261. The van der Waals surface area contributed by atoms with Gasteiger partial charge in [0.25, 0.3) is 0 Å². The number of hydrogen-bond acceptors (Lipinski definition) is 6. The highest BCUT2D eigenvalue weighted by Crippen LogP contribution is 2.17. The second kappa shape index (κ2) is 68.1. The third-order valence-electron chi connectivity index (χ3n) is 15.1. The molecule has 0 amide bonds. The second-order valence-corrected chi connectivity index (χ2v) is 23.1. The average molecular weight is 1120 g/mol. The van der Waals surface area contributed by atoms with Crippen LogP contribution in [0.1, 0.15) is 348 Å². The first kappa shape index (κ1) is 76.6. The SMILES string of the molecule is CC/C=C\C/C=C\C/C=C\C/C=C\C/C=C\C/C=C\CCCCCCCCCCC(=O)OCC(COC(=O)CCCCCCC/C=C\CCCCCCCCC)OC(=O)CCCCCCCCCCCCCCCCCCCCC. The first-order valence-corrected chi connectivity index (χ1v) is 34.6. The van der Waals surface area contributed by atoms with Gasteiger partial charge in [-0.1, -0.05) is 318 Å². The number of allylic oxidation sites excluding steroid dienone is 14. The van der Waals surface area contributed by atoms with Gasteiger partial charge in [0.2, 0.25) is 0 Å². The molecule has 80 heavy (non-hydrogen) atoms. The van der Waals surface area contributed by atoms with Crippen LogP contribution in [0.2, 0.25) is 0 Å². The van der Waals surface area contributed by atoms with Crippen molar-refractivity contribution in [1.29, 1.82) is 0 Å². The van der Waals surface area contributed by atoms with Gasteiger partial charge in [0.05, 0.1) is 0 Å². The predicted molar refractivity (Wildman–Crippen MR) is 348 cm³/mol. The molecule has 6 nitrogen and oxygen atoms in total. The molecule has 0 aliphatic rings. The van der Waals surface area contributed by atoms with Gasteiger partial charge in [-0.2, -0.15) is 0 Å². The van der Waals surface area contributed by atoms with Crippen LogP contribution in [0.3, 0.4) is 0 Å². The summed E-state index contributed by atoms with van der Waals surface area (Å²) in [6, 6.07) is 0. The van der Waals surface area contributed by atoms with Gasteiger partial charge < -0.3 is 14.2 Å². The van der Waals surface area contributed by atoms with Crippen molar-refractivity contribution in [3.05, 3.63) is 85.1 Å². The largest absolute Gasteiger partial charge is 0.462 e. The van der Waals surface area contributed by atoms with E-state index in [-0.39, 0.29) is 31.1 Å². The Hall–Kier alpha value is -3.41. The third kappa shape index (κ3) is 65.4. The number of ether oxygens (including phenoxy) is 3. The minimum Gasteiger partial charge on any atom is -0.462 e. The van der Waals surface area contributed by atoms with Crippen molar-refractivity contribution in [1.82, 2.24) is 0 Å². The minimum atomic E-state index is -0.783. The van der Waals surface area contributed by atoms with Crippen LogP contribution in [-0.4, -0.2) is 37.2 Å². The summed E-state index contributed by atoms with van der Waals surface area (Å²) < 4.78 is 17.0. The number of esters is 3. The summed E-state index contributed by atoms with van der Waals surface area (Å²) in [5.41, 5.74) is 0. The zero-order valence-corrected chi connectivity index (χ0v) is 53.1. The van der Waals surface area contributed by atoms with Crippen LogP contribution in [0, 0.1) is 0 Å². The standard InChI is InChI=1S/C74H130O6/c1-4-7-10-13-16-19-22-25-28-31-33-34-35-36-37-38-39-40-42-43-46-49-52-55-58-61-64-67-73(76)79-70-71(69-78-72(75)66-63-60-57-54-51-48-45-30-27-24-21-18-15-12-9-6-3)80-74(77)68-65-62-59-56-53-50-47-44-41-32-29-26-23-20-17-14-11-8-5-2/h7,10,16,19,25,28,30,33-34,36-37,39-40,45,71H,4-6,8-9,11-15,17-18,20-24,26-27,29,31-32,35,38,41-44,46-70H2,1-3H3/b10-7-,19-16-,28-25-,34-33-,37-36-,40-39-,45-30-. The molecule has 0 aliphatic carbocycles. The molecule has 1 unspecified atom stereocenters. The summed E-state index contributed by atoms with van der Waals surface area (Å²) in [5.74, 6) is -0.876. The van der Waals surface area contributed by atoms with Crippen molar-refractivity contribution < 1.29 is 28.6 Å². The van der Waals surface area contributed by atoms with Gasteiger partial charge in [0, 0.05) is 19.3 Å². The lowest BCUT2D eigenvalue weighted by Gasteiger charge is -2.18. The number of carbonyl (C=O) groups excluding carboxylic acids is 3. The number of unbranched alkanes of at least 4 members (excludes halogenated alkanes) is 38. The molecule has 0 N–H and O–H groups in total. The molecule has 0 fully saturated rings. The molecule has 0 spiro atoms. The molecule has 462 valence electrons. The van der Waals surface area contributed by atoms with E-state index in [4.69, 9.17) is 14.2 Å². The van der Waals surface area contributed by atoms with Gasteiger partial charge in [-0.05, 0) is 96.3 Å². The molecule has 6 heteroatoms. The maximum atomic E-state index is 12.9. The Labute approximate surface area is 496 Å². The molecular formula is C74H130O6. The van der Waals surface area contributed by atoms with Gasteiger partial charge in [0.1, 0.15) is 13.2 Å². The van der Waals surface area contributed by atoms with Crippen LogP contribution < -0.4 is 0 Å². The number of carbonyl (C=O) groups is 3. The van der Waals surface area contributed by atoms with E-state index in [1.807, 2.05) is 0 Å². The Kier molecular flexibility index (Phi) is 65.2. The van der Waals surface area contributed by atoms with E-state index in [9.17, 15) is 14.4 Å². The van der Waals surface area contributed by atoms with E-state index < -0.39 is 6.10 Å². The topological polar surface area (TPSA) is 78.9 Å². The lowest BCUT2D eigenvalue weighted by molar-refractivity contribution is -0.167. The zero-order chi connectivity index (χ0) is 57.8. The molecular weight excluding hydrogens is 985 g/mol. The van der Waals surface area contributed by atoms with Crippen molar-refractivity contribution in [2.45, 2.75) is 354 Å². The smallest absolute Gasteiger partial charge is 0.306 e. The van der Waals surface area contributed by atoms with E-state index in [2.05, 4.69) is 106 Å². The van der Waals surface area contributed by atoms with Gasteiger partial charge in [0.15, 0.2) is 6.10 Å². The molecule has 0 saturated carbocycles. The fourth-order valence-electron chi connectivity index (χ4n) is 9.97. The van der Waals surface area contributed by atoms with Crippen molar-refractivity contribution in [2.24, 2.45) is 0 Å². The first-order valence-electron chi connectivity index (χ1n) is 34.6. The molecule has 0 rings (SSSR count). The molecule has 1 atom stereocenters. The molecule has 0 aromatic heterocycles. The Bertz CT molecular complexity index is 1520. The van der Waals surface area contributed by atoms with E-state index >= 15 is 0 Å². The minimum absolute atomic E-state index is 0.0797. The first-order chi connectivity index (χ1) is 39.5. The molecule has 0 heterocycles. The summed E-state index contributed by atoms with van der Waals surface area (Å²) in [6.45, 7) is 6.56. The normalized spacial score (nSPS) is 12.6. The summed E-state index contributed by atoms with van der Waals surface area (Å²) >= 11 is 0. The maximum Gasteiger partial charge on any atom is 0.306 e. The molecule has 0 bridgehead atoms. The van der Waals surface area contributed by atoms with Crippen LogP contribution in [0.4, 0.5) is 0 Å². The van der Waals surface area contributed by atoms with Crippen LogP contribution in [0.15, 0.2) is 85.1 Å². The summed E-state index contributed by atoms with van der Waals surface area (Å²) in [6.07, 6.45) is 90.2. The molecule has 0 aromatic rings. The lowest BCUT2D eigenvalue weighted by atomic mass is 10.0. The summed E-state index contributed by atoms with van der Waals surface area (Å²) in [5, 5.41) is 0. The van der Waals surface area contributed by atoms with Crippen molar-refractivity contribution in [3.63, 3.8) is 0 Å². The van der Waals surface area contributed by atoms with Crippen LogP contribution >= 0.6 is 0 Å². The number of hydrogen-bond donors (Lipinski definition) is 0. The Balaban J connectivity index is 4.35. The highest BCUT2D eigenvalue weighted by Gasteiger charge is 2.19. The lowest BCUT2D eigenvalue weighted by Crippen LogP contribution is -2.30. The molecule has 0 saturated heterocycles. The van der Waals surface area contributed by atoms with Crippen LogP contribution in [0.25, 0.3) is 0 Å². The maximum absolute atomic E-state index is 12.9. The van der Waals surface area contributed by atoms with E-state index in [1.165, 1.54) is 199 Å². The number of rotatable bonds is 63. The van der Waals surface area contributed by atoms with Gasteiger partial charge in [-0.3, -0.25) is 14.4 Å². The summed E-state index contributed by atoms with van der Waals surface area (Å²) in [7, 11) is 0. The Morgan fingerprint density at radius 1 is 0.263 bits per heavy atom. The fourth-order valence-corrected chi connectivity index (χ4v) is 9.97. The van der Waals surface area contributed by atoms with Crippen LogP contribution in [-0.2, 0) is 28.6 Å². The van der Waals surface area contributed by atoms with E-state index in [1.54, 1.807) is 0 Å². The highest BCUT2D eigenvalue weighted by molar-refractivity contribution is 5.71. The van der Waals surface area contributed by atoms with Crippen LogP contribution in [0.5, 0.6) is 0 Å². The van der Waals surface area contributed by atoms with Crippen molar-refractivity contribution in [2.75, 3.05) is 13.2 Å². The molecule has 0 aromatic carbocycles. The fraction of sp³-hybridized carbons (Fsp3) is 0.770. The Morgan fingerprint density at radius 3 is 0.775 bits per heavy atom. The van der Waals surface area contributed by atoms with E-state index in [0.717, 1.165) is 109 Å². The van der Waals surface area contributed by atoms with Crippen molar-refractivity contribution >= 4 is 17.9 Å². The average Bonchev–Trinajstić information content (AvgIpc) is 3.46. The zero-order valence-electron chi connectivity index (χ0n) is 53.1. The Morgan fingerprint density at radius 2 is 0.487 bits per heavy atom. The highest BCUT2D eigenvalue weighted by atomic mass is 16.6. The molecule has 0 radical (unpaired) electrons.